The SMILES string of the molecule is COCSc1nnc(N2CCOCC2)n1-c1cccc(F)c1. The van der Waals surface area contributed by atoms with E-state index in [1.807, 2.05) is 10.6 Å². The zero-order valence-electron chi connectivity index (χ0n) is 12.2. The number of hydrogen-bond donors (Lipinski definition) is 0. The van der Waals surface area contributed by atoms with Crippen molar-refractivity contribution in [1.29, 1.82) is 0 Å². The van der Waals surface area contributed by atoms with E-state index in [1.165, 1.54) is 23.9 Å². The van der Waals surface area contributed by atoms with Crippen molar-refractivity contribution >= 4 is 17.7 Å². The molecule has 0 amide bonds. The van der Waals surface area contributed by atoms with Crippen LogP contribution < -0.4 is 4.90 Å². The van der Waals surface area contributed by atoms with Crippen molar-refractivity contribution in [3.63, 3.8) is 0 Å². The van der Waals surface area contributed by atoms with Crippen LogP contribution in [0.4, 0.5) is 10.3 Å². The molecule has 118 valence electrons. The molecule has 2 heterocycles. The van der Waals surface area contributed by atoms with Gasteiger partial charge in [0.15, 0.2) is 5.16 Å². The Labute approximate surface area is 132 Å². The molecule has 6 nitrogen and oxygen atoms in total. The molecule has 0 bridgehead atoms. The van der Waals surface area contributed by atoms with Gasteiger partial charge in [-0.15, -0.1) is 10.2 Å². The summed E-state index contributed by atoms with van der Waals surface area (Å²) in [7, 11) is 1.62. The fourth-order valence-corrected chi connectivity index (χ4v) is 2.91. The van der Waals surface area contributed by atoms with E-state index in [4.69, 9.17) is 9.47 Å². The second kappa shape index (κ2) is 7.08. The summed E-state index contributed by atoms with van der Waals surface area (Å²) in [6, 6.07) is 6.42. The topological polar surface area (TPSA) is 52.4 Å². The average Bonchev–Trinajstić information content (AvgIpc) is 2.97. The smallest absolute Gasteiger partial charge is 0.232 e. The Morgan fingerprint density at radius 3 is 2.86 bits per heavy atom. The molecular weight excluding hydrogens is 307 g/mol. The average molecular weight is 324 g/mol. The molecule has 1 aliphatic heterocycles. The molecule has 8 heteroatoms. The van der Waals surface area contributed by atoms with Gasteiger partial charge in [0.2, 0.25) is 5.95 Å². The number of aromatic nitrogens is 3. The van der Waals surface area contributed by atoms with Crippen molar-refractivity contribution < 1.29 is 13.9 Å². The van der Waals surface area contributed by atoms with Crippen LogP contribution in [0.25, 0.3) is 5.69 Å². The minimum atomic E-state index is -0.290. The number of nitrogens with zero attached hydrogens (tertiary/aromatic N) is 4. The highest BCUT2D eigenvalue weighted by Crippen LogP contribution is 2.27. The zero-order valence-corrected chi connectivity index (χ0v) is 13.1. The molecule has 2 aromatic rings. The Morgan fingerprint density at radius 1 is 1.32 bits per heavy atom. The zero-order chi connectivity index (χ0) is 15.4. The molecule has 0 spiro atoms. The first-order valence-corrected chi connectivity index (χ1v) is 7.94. The summed E-state index contributed by atoms with van der Waals surface area (Å²) in [6.07, 6.45) is 0. The van der Waals surface area contributed by atoms with Gasteiger partial charge >= 0.3 is 0 Å². The third kappa shape index (κ3) is 3.23. The van der Waals surface area contributed by atoms with Crippen LogP contribution in [-0.4, -0.2) is 54.1 Å². The van der Waals surface area contributed by atoms with E-state index in [9.17, 15) is 4.39 Å². The third-order valence-electron chi connectivity index (χ3n) is 3.28. The van der Waals surface area contributed by atoms with E-state index in [0.29, 0.717) is 35.9 Å². The van der Waals surface area contributed by atoms with Gasteiger partial charge in [-0.2, -0.15) is 0 Å². The number of methoxy groups -OCH3 is 1. The number of morpholine rings is 1. The molecule has 1 fully saturated rings. The molecule has 3 rings (SSSR count). The van der Waals surface area contributed by atoms with Gasteiger partial charge in [-0.25, -0.2) is 4.39 Å². The molecule has 0 N–H and O–H groups in total. The lowest BCUT2D eigenvalue weighted by Crippen LogP contribution is -2.37. The van der Waals surface area contributed by atoms with Gasteiger partial charge in [-0.05, 0) is 18.2 Å². The molecule has 1 aliphatic rings. The number of thioether (sulfide) groups is 1. The van der Waals surface area contributed by atoms with Crippen LogP contribution in [0, 0.1) is 5.82 Å². The number of ether oxygens (including phenoxy) is 2. The quantitative estimate of drug-likeness (QED) is 0.619. The predicted octanol–water partition coefficient (Wildman–Crippen LogP) is 1.94. The fraction of sp³-hybridized carbons (Fsp3) is 0.429. The van der Waals surface area contributed by atoms with Gasteiger partial charge in [0, 0.05) is 20.2 Å². The van der Waals surface area contributed by atoms with Crippen LogP contribution in [0.2, 0.25) is 0 Å². The summed E-state index contributed by atoms with van der Waals surface area (Å²) in [5.74, 6) is 0.866. The minimum Gasteiger partial charge on any atom is -0.378 e. The highest BCUT2D eigenvalue weighted by atomic mass is 32.2. The van der Waals surface area contributed by atoms with E-state index in [1.54, 1.807) is 13.2 Å². The Balaban J connectivity index is 2.00. The van der Waals surface area contributed by atoms with Crippen molar-refractivity contribution in [1.82, 2.24) is 14.8 Å². The van der Waals surface area contributed by atoms with Crippen LogP contribution >= 0.6 is 11.8 Å². The summed E-state index contributed by atoms with van der Waals surface area (Å²) >= 11 is 1.42. The van der Waals surface area contributed by atoms with Gasteiger partial charge in [0.05, 0.1) is 24.8 Å². The molecule has 0 unspecified atom stereocenters. The van der Waals surface area contributed by atoms with Gasteiger partial charge < -0.3 is 14.4 Å². The van der Waals surface area contributed by atoms with Gasteiger partial charge in [0.1, 0.15) is 5.82 Å². The Bertz CT molecular complexity index is 631. The summed E-state index contributed by atoms with van der Waals surface area (Å²) in [4.78, 5) is 2.10. The monoisotopic (exact) mass is 324 g/mol. The largest absolute Gasteiger partial charge is 0.378 e. The highest BCUT2D eigenvalue weighted by molar-refractivity contribution is 7.99. The Kier molecular flexibility index (Phi) is 4.91. The molecular formula is C14H17FN4O2S. The second-order valence-electron chi connectivity index (χ2n) is 4.75. The van der Waals surface area contributed by atoms with Crippen molar-refractivity contribution in [3.05, 3.63) is 30.1 Å². The Morgan fingerprint density at radius 2 is 2.14 bits per heavy atom. The summed E-state index contributed by atoms with van der Waals surface area (Å²) in [6.45, 7) is 2.78. The van der Waals surface area contributed by atoms with E-state index in [2.05, 4.69) is 15.1 Å². The van der Waals surface area contributed by atoms with E-state index in [-0.39, 0.29) is 5.82 Å². The lowest BCUT2D eigenvalue weighted by Gasteiger charge is -2.27. The van der Waals surface area contributed by atoms with Crippen LogP contribution in [-0.2, 0) is 9.47 Å². The molecule has 22 heavy (non-hydrogen) atoms. The number of halogens is 1. The molecule has 1 saturated heterocycles. The molecule has 0 saturated carbocycles. The lowest BCUT2D eigenvalue weighted by molar-refractivity contribution is 0.122. The van der Waals surface area contributed by atoms with Crippen LogP contribution in [0.3, 0.4) is 0 Å². The highest BCUT2D eigenvalue weighted by Gasteiger charge is 2.21. The predicted molar refractivity (Wildman–Crippen MR) is 82.1 cm³/mol. The maximum absolute atomic E-state index is 13.6. The summed E-state index contributed by atoms with van der Waals surface area (Å²) in [5.41, 5.74) is 0.699. The van der Waals surface area contributed by atoms with Crippen LogP contribution in [0.5, 0.6) is 0 Å². The first-order chi connectivity index (χ1) is 10.8. The van der Waals surface area contributed by atoms with Gasteiger partial charge in [0.25, 0.3) is 0 Å². The lowest BCUT2D eigenvalue weighted by atomic mass is 10.3. The minimum absolute atomic E-state index is 0.290. The van der Waals surface area contributed by atoms with Crippen molar-refractivity contribution in [2.24, 2.45) is 0 Å². The second-order valence-corrected chi connectivity index (χ2v) is 5.64. The van der Waals surface area contributed by atoms with E-state index >= 15 is 0 Å². The summed E-state index contributed by atoms with van der Waals surface area (Å²) in [5, 5.41) is 9.18. The van der Waals surface area contributed by atoms with E-state index < -0.39 is 0 Å². The normalized spacial score (nSPS) is 15.3. The Hall–Kier alpha value is -1.64. The first kappa shape index (κ1) is 15.3. The maximum atomic E-state index is 13.6. The standard InChI is InChI=1S/C14H17FN4O2S/c1-20-10-22-14-17-16-13(18-5-7-21-8-6-18)19(14)12-4-2-3-11(15)9-12/h2-4,9H,5-8,10H2,1H3. The first-order valence-electron chi connectivity index (χ1n) is 6.95. The third-order valence-corrected chi connectivity index (χ3v) is 4.16. The number of rotatable bonds is 5. The molecule has 0 atom stereocenters. The number of hydrogen-bond acceptors (Lipinski definition) is 6. The maximum Gasteiger partial charge on any atom is 0.232 e. The van der Waals surface area contributed by atoms with Crippen molar-refractivity contribution in [3.8, 4) is 5.69 Å². The van der Waals surface area contributed by atoms with Gasteiger partial charge in [-0.3, -0.25) is 4.57 Å². The molecule has 1 aromatic carbocycles. The van der Waals surface area contributed by atoms with Gasteiger partial charge in [-0.1, -0.05) is 17.8 Å². The molecule has 0 radical (unpaired) electrons. The van der Waals surface area contributed by atoms with Crippen LogP contribution in [0.1, 0.15) is 0 Å². The summed E-state index contributed by atoms with van der Waals surface area (Å²) < 4.78 is 25.9. The van der Waals surface area contributed by atoms with Crippen LogP contribution in [0.15, 0.2) is 29.4 Å². The fourth-order valence-electron chi connectivity index (χ4n) is 2.28. The van der Waals surface area contributed by atoms with E-state index in [0.717, 1.165) is 13.1 Å². The molecule has 0 aliphatic carbocycles. The number of anilines is 1. The number of benzene rings is 1. The molecule has 1 aromatic heterocycles. The van der Waals surface area contributed by atoms with Crippen molar-refractivity contribution in [2.75, 3.05) is 44.3 Å². The van der Waals surface area contributed by atoms with Crippen molar-refractivity contribution in [2.45, 2.75) is 5.16 Å².